The second-order valence-electron chi connectivity index (χ2n) is 0.315. The predicted molar refractivity (Wildman–Crippen MR) is 15.2 cm³/mol. The zero-order valence-corrected chi connectivity index (χ0v) is 6.06. The normalized spacial score (nSPS) is 6.60. The van der Waals surface area contributed by atoms with Crippen LogP contribution in [0.3, 0.4) is 0 Å². The predicted octanol–water partition coefficient (Wildman–Crippen LogP) is -0.990. The minimum absolute atomic E-state index is 0.174. The van der Waals surface area contributed by atoms with Crippen molar-refractivity contribution in [3.05, 3.63) is 10.1 Å². The van der Waals surface area contributed by atoms with Gasteiger partial charge in [-0.25, -0.2) is 0 Å². The molecular formula is HBiNO3. The SMILES string of the molecule is O=[N+]([O-])[O][BiH]. The maximum atomic E-state index is 8.99. The van der Waals surface area contributed by atoms with Crippen molar-refractivity contribution in [2.45, 2.75) is 0 Å². The molecule has 0 spiro atoms. The summed E-state index contributed by atoms with van der Waals surface area (Å²) in [5, 5.41) is 8.17. The molecule has 0 saturated carbocycles. The Morgan fingerprint density at radius 2 is 2.20 bits per heavy atom. The van der Waals surface area contributed by atoms with Gasteiger partial charge in [-0.1, -0.05) is 0 Å². The van der Waals surface area contributed by atoms with Crippen LogP contribution in [0, 0.1) is 10.1 Å². The fourth-order valence-corrected chi connectivity index (χ4v) is 0. The van der Waals surface area contributed by atoms with Crippen LogP contribution in [0.5, 0.6) is 0 Å². The fraction of sp³-hybridized carbons (Fsp3) is 0. The van der Waals surface area contributed by atoms with Gasteiger partial charge >= 0.3 is 43.3 Å². The zero-order valence-electron chi connectivity index (χ0n) is 2.17. The zero-order chi connectivity index (χ0) is 4.28. The van der Waals surface area contributed by atoms with E-state index >= 15 is 0 Å². The molecule has 29 valence electrons. The molecule has 0 aromatic heterocycles. The molecule has 5 heavy (non-hydrogen) atoms. The Labute approximate surface area is 43.7 Å². The maximum absolute atomic E-state index is 8.99. The third kappa shape index (κ3) is 4.08. The molecule has 5 heteroatoms. The van der Waals surface area contributed by atoms with E-state index in [0.717, 1.165) is 0 Å². The summed E-state index contributed by atoms with van der Waals surface area (Å²) in [7, 11) is 0. The second kappa shape index (κ2) is 2.33. The minimum atomic E-state index is -0.813. The monoisotopic (exact) mass is 272 g/mol. The average molecular weight is 272 g/mol. The summed E-state index contributed by atoms with van der Waals surface area (Å²) < 4.78 is 3.61. The first-order valence-corrected chi connectivity index (χ1v) is 2.34. The number of rotatable bonds is 1. The molecule has 0 aromatic carbocycles. The number of hydrogen-bond acceptors (Lipinski definition) is 3. The fourth-order valence-electron chi connectivity index (χ4n) is 0. The van der Waals surface area contributed by atoms with Crippen LogP contribution in [-0.2, 0) is 2.91 Å². The van der Waals surface area contributed by atoms with Gasteiger partial charge in [0.2, 0.25) is 0 Å². The summed E-state index contributed by atoms with van der Waals surface area (Å²) >= 11 is 0.174. The molecule has 0 saturated heterocycles. The van der Waals surface area contributed by atoms with Crippen molar-refractivity contribution in [1.29, 1.82) is 0 Å². The van der Waals surface area contributed by atoms with Gasteiger partial charge in [0.1, 0.15) is 0 Å². The van der Waals surface area contributed by atoms with Gasteiger partial charge in [-0.15, -0.1) is 0 Å². The van der Waals surface area contributed by atoms with Gasteiger partial charge in [-0.3, -0.25) is 0 Å². The van der Waals surface area contributed by atoms with Gasteiger partial charge in [0, 0.05) is 0 Å². The Hall–Kier alpha value is 0.0831. The molecule has 0 aromatic rings. The Balaban J connectivity index is 2.85. The Morgan fingerprint density at radius 1 is 2.00 bits per heavy atom. The van der Waals surface area contributed by atoms with E-state index in [0.29, 0.717) is 0 Å². The van der Waals surface area contributed by atoms with Gasteiger partial charge in [-0.05, 0) is 0 Å². The van der Waals surface area contributed by atoms with Gasteiger partial charge < -0.3 is 0 Å². The van der Waals surface area contributed by atoms with Crippen molar-refractivity contribution in [2.24, 2.45) is 0 Å². The van der Waals surface area contributed by atoms with E-state index in [2.05, 4.69) is 2.91 Å². The molecule has 0 heterocycles. The Bertz CT molecular complexity index is 42.2. The molecule has 0 N–H and O–H groups in total. The Kier molecular flexibility index (Phi) is 2.37. The molecule has 4 nitrogen and oxygen atoms in total. The van der Waals surface area contributed by atoms with Gasteiger partial charge in [0.15, 0.2) is 0 Å². The van der Waals surface area contributed by atoms with E-state index < -0.39 is 5.09 Å². The van der Waals surface area contributed by atoms with Crippen LogP contribution in [0.4, 0.5) is 0 Å². The molecule has 0 atom stereocenters. The van der Waals surface area contributed by atoms with Crippen molar-refractivity contribution in [1.82, 2.24) is 0 Å². The first kappa shape index (κ1) is 5.08. The summed E-state index contributed by atoms with van der Waals surface area (Å²) in [4.78, 5) is 8.99. The first-order valence-electron chi connectivity index (χ1n) is 0.752. The van der Waals surface area contributed by atoms with Crippen molar-refractivity contribution in [2.75, 3.05) is 0 Å². The van der Waals surface area contributed by atoms with E-state index in [-0.39, 0.29) is 25.2 Å². The van der Waals surface area contributed by atoms with Crippen LogP contribution in [0.15, 0.2) is 0 Å². The van der Waals surface area contributed by atoms with Crippen molar-refractivity contribution < 1.29 is 8.00 Å². The molecule has 0 aliphatic carbocycles. The summed E-state index contributed by atoms with van der Waals surface area (Å²) in [6.07, 6.45) is 0. The van der Waals surface area contributed by atoms with Crippen molar-refractivity contribution in [3.63, 3.8) is 0 Å². The molecule has 0 unspecified atom stereocenters. The second-order valence-corrected chi connectivity index (χ2v) is 1.02. The molecule has 0 aliphatic heterocycles. The topological polar surface area (TPSA) is 52.4 Å². The third-order valence-corrected chi connectivity index (χ3v) is 0.654. The average Bonchev–Trinajstić information content (AvgIpc) is 1.38. The van der Waals surface area contributed by atoms with Crippen LogP contribution in [0.1, 0.15) is 0 Å². The quantitative estimate of drug-likeness (QED) is 0.350. The van der Waals surface area contributed by atoms with E-state index in [9.17, 15) is 0 Å². The summed E-state index contributed by atoms with van der Waals surface area (Å²) in [6.45, 7) is 0. The van der Waals surface area contributed by atoms with Gasteiger partial charge in [0.25, 0.3) is 0 Å². The van der Waals surface area contributed by atoms with E-state index in [4.69, 9.17) is 10.1 Å². The first-order chi connectivity index (χ1) is 2.27. The summed E-state index contributed by atoms with van der Waals surface area (Å²) in [5.74, 6) is 0. The number of nitrogens with zero attached hydrogens (tertiary/aromatic N) is 1. The molecule has 0 fully saturated rings. The van der Waals surface area contributed by atoms with Crippen molar-refractivity contribution >= 4 is 25.2 Å². The van der Waals surface area contributed by atoms with Gasteiger partial charge in [-0.2, -0.15) is 0 Å². The van der Waals surface area contributed by atoms with Gasteiger partial charge in [0.05, 0.1) is 0 Å². The Morgan fingerprint density at radius 3 is 2.20 bits per heavy atom. The molecule has 0 aliphatic rings. The van der Waals surface area contributed by atoms with E-state index in [1.165, 1.54) is 0 Å². The van der Waals surface area contributed by atoms with Crippen LogP contribution in [0.25, 0.3) is 0 Å². The molecule has 0 rings (SSSR count). The van der Waals surface area contributed by atoms with E-state index in [1.807, 2.05) is 0 Å². The molecular weight excluding hydrogens is 271 g/mol. The van der Waals surface area contributed by atoms with Crippen LogP contribution < -0.4 is 0 Å². The van der Waals surface area contributed by atoms with Crippen LogP contribution in [-0.4, -0.2) is 30.2 Å². The molecule has 1 radical (unpaired) electrons. The summed E-state index contributed by atoms with van der Waals surface area (Å²) in [5.41, 5.74) is 0. The molecule has 0 amide bonds. The van der Waals surface area contributed by atoms with E-state index in [1.54, 1.807) is 0 Å². The third-order valence-electron chi connectivity index (χ3n) is 0.0745. The van der Waals surface area contributed by atoms with Crippen LogP contribution in [0.2, 0.25) is 0 Å². The standard InChI is InChI=1S/Bi.NO3.H/c;2-1(3)4;/q+1;-1;. The number of hydrogen-bond donors (Lipinski definition) is 0. The van der Waals surface area contributed by atoms with Crippen molar-refractivity contribution in [3.8, 4) is 0 Å². The summed E-state index contributed by atoms with van der Waals surface area (Å²) in [6, 6.07) is 0. The molecule has 0 bridgehead atoms. The van der Waals surface area contributed by atoms with Crippen LogP contribution >= 0.6 is 0 Å².